The van der Waals surface area contributed by atoms with Crippen molar-refractivity contribution >= 4 is 11.2 Å². The molecule has 2 aromatic rings. The third-order valence-corrected chi connectivity index (χ3v) is 6.49. The van der Waals surface area contributed by atoms with Crippen molar-refractivity contribution in [3.05, 3.63) is 26.7 Å². The highest BCUT2D eigenvalue weighted by molar-refractivity contribution is 5.69. The molecular weight excluding hydrogens is 280 g/mol. The van der Waals surface area contributed by atoms with Crippen molar-refractivity contribution in [2.75, 3.05) is 0 Å². The smallest absolute Gasteiger partial charge is 0.332 e. The summed E-state index contributed by atoms with van der Waals surface area (Å²) in [4.78, 5) is 32.4. The first-order valence-corrected chi connectivity index (χ1v) is 8.20. The topological polar surface area (TPSA) is 72.7 Å². The van der Waals surface area contributed by atoms with Crippen molar-refractivity contribution < 1.29 is 0 Å². The largest absolute Gasteiger partial charge is 0.336 e. The predicted octanol–water partition coefficient (Wildman–Crippen LogP) is 1.11. The quantitative estimate of drug-likeness (QED) is 0.857. The zero-order chi connectivity index (χ0) is 15.2. The maximum atomic E-state index is 12.3. The molecule has 6 nitrogen and oxygen atoms in total. The highest BCUT2D eigenvalue weighted by Crippen LogP contribution is 2.63. The fourth-order valence-corrected chi connectivity index (χ4v) is 5.66. The number of nitrogens with one attached hydrogen (secondary N) is 1. The molecule has 4 fully saturated rings. The first kappa shape index (κ1) is 12.7. The van der Waals surface area contributed by atoms with Crippen LogP contribution in [-0.4, -0.2) is 19.1 Å². The van der Waals surface area contributed by atoms with Gasteiger partial charge in [0.25, 0.3) is 5.56 Å². The van der Waals surface area contributed by atoms with Gasteiger partial charge in [0.1, 0.15) is 11.3 Å². The van der Waals surface area contributed by atoms with Gasteiger partial charge >= 0.3 is 5.69 Å². The fourth-order valence-electron chi connectivity index (χ4n) is 5.66. The summed E-state index contributed by atoms with van der Waals surface area (Å²) >= 11 is 0. The van der Waals surface area contributed by atoms with Crippen molar-refractivity contribution in [3.63, 3.8) is 0 Å². The first-order valence-electron chi connectivity index (χ1n) is 8.20. The van der Waals surface area contributed by atoms with E-state index in [0.717, 1.165) is 28.1 Å². The Balaban J connectivity index is 1.71. The molecule has 0 aliphatic heterocycles. The van der Waals surface area contributed by atoms with Crippen molar-refractivity contribution in [1.82, 2.24) is 19.1 Å². The van der Waals surface area contributed by atoms with Crippen LogP contribution in [0.15, 0.2) is 9.59 Å². The standard InChI is InChI=1S/C16H20N4O2/c1-19-14-12(15(21)20(2)16(19)22)17-13(18-14)11-9-4-7-3-8(6-9)10(11)5-7/h7-11H,3-6H2,1-2H3,(H,17,18). The fraction of sp³-hybridized carbons (Fsp3) is 0.688. The Labute approximate surface area is 127 Å². The zero-order valence-corrected chi connectivity index (χ0v) is 12.9. The van der Waals surface area contributed by atoms with Crippen LogP contribution in [0.25, 0.3) is 11.2 Å². The van der Waals surface area contributed by atoms with Crippen LogP contribution >= 0.6 is 0 Å². The normalized spacial score (nSPS) is 35.8. The first-order chi connectivity index (χ1) is 10.5. The molecule has 2 aromatic heterocycles. The van der Waals surface area contributed by atoms with Crippen molar-refractivity contribution in [3.8, 4) is 0 Å². The monoisotopic (exact) mass is 300 g/mol. The minimum atomic E-state index is -0.315. The summed E-state index contributed by atoms with van der Waals surface area (Å²) < 4.78 is 2.62. The molecule has 5 unspecified atom stereocenters. The van der Waals surface area contributed by atoms with E-state index in [9.17, 15) is 9.59 Å². The number of aryl methyl sites for hydroxylation is 1. The predicted molar refractivity (Wildman–Crippen MR) is 81.7 cm³/mol. The van der Waals surface area contributed by atoms with Crippen LogP contribution in [0, 0.1) is 23.7 Å². The number of fused-ring (bicyclic) bond motifs is 1. The minimum absolute atomic E-state index is 0.274. The highest BCUT2D eigenvalue weighted by Gasteiger charge is 2.55. The molecular formula is C16H20N4O2. The summed E-state index contributed by atoms with van der Waals surface area (Å²) in [5.74, 6) is 4.61. The van der Waals surface area contributed by atoms with Gasteiger partial charge in [0, 0.05) is 20.0 Å². The van der Waals surface area contributed by atoms with Gasteiger partial charge < -0.3 is 4.98 Å². The Bertz CT molecular complexity index is 901. The zero-order valence-electron chi connectivity index (χ0n) is 12.9. The summed E-state index contributed by atoms with van der Waals surface area (Å²) in [6.45, 7) is 0. The molecule has 4 bridgehead atoms. The lowest BCUT2D eigenvalue weighted by molar-refractivity contribution is 0.244. The van der Waals surface area contributed by atoms with Crippen LogP contribution in [0.3, 0.4) is 0 Å². The molecule has 0 aromatic carbocycles. The average molecular weight is 300 g/mol. The third-order valence-electron chi connectivity index (χ3n) is 6.49. The van der Waals surface area contributed by atoms with E-state index in [2.05, 4.69) is 9.97 Å². The van der Waals surface area contributed by atoms with Crippen LogP contribution in [-0.2, 0) is 14.1 Å². The average Bonchev–Trinajstić information content (AvgIpc) is 3.12. The van der Waals surface area contributed by atoms with Crippen LogP contribution in [0.2, 0.25) is 0 Å². The molecule has 2 heterocycles. The molecule has 4 aliphatic carbocycles. The van der Waals surface area contributed by atoms with E-state index in [1.807, 2.05) is 0 Å². The Hall–Kier alpha value is -1.85. The van der Waals surface area contributed by atoms with E-state index in [1.165, 1.54) is 37.3 Å². The van der Waals surface area contributed by atoms with Gasteiger partial charge in [0.15, 0.2) is 5.65 Å². The number of rotatable bonds is 1. The van der Waals surface area contributed by atoms with Crippen LogP contribution < -0.4 is 11.2 Å². The molecule has 0 radical (unpaired) electrons. The molecule has 0 amide bonds. The Morgan fingerprint density at radius 1 is 1.05 bits per heavy atom. The molecule has 6 rings (SSSR count). The molecule has 0 saturated heterocycles. The number of H-pyrrole nitrogens is 1. The van der Waals surface area contributed by atoms with Gasteiger partial charge in [-0.15, -0.1) is 0 Å². The SMILES string of the molecule is Cn1c(=O)c2[nH]c(C3C4CC5CC(C4)C3C5)nc2n(C)c1=O. The second-order valence-corrected chi connectivity index (χ2v) is 7.55. The van der Waals surface area contributed by atoms with Gasteiger partial charge in [-0.1, -0.05) is 0 Å². The maximum Gasteiger partial charge on any atom is 0.332 e. The lowest BCUT2D eigenvalue weighted by Gasteiger charge is -2.30. The number of aromatic nitrogens is 4. The summed E-state index contributed by atoms with van der Waals surface area (Å²) in [6.07, 6.45) is 5.34. The number of hydrogen-bond donors (Lipinski definition) is 1. The molecule has 6 heteroatoms. The van der Waals surface area contributed by atoms with Crippen molar-refractivity contribution in [2.45, 2.75) is 31.6 Å². The summed E-state index contributed by atoms with van der Waals surface area (Å²) in [7, 11) is 3.20. The molecule has 0 spiro atoms. The number of aromatic amines is 1. The van der Waals surface area contributed by atoms with E-state index in [1.54, 1.807) is 7.05 Å². The Morgan fingerprint density at radius 2 is 1.82 bits per heavy atom. The van der Waals surface area contributed by atoms with Crippen molar-refractivity contribution in [1.29, 1.82) is 0 Å². The second kappa shape index (κ2) is 3.91. The van der Waals surface area contributed by atoms with E-state index in [0.29, 0.717) is 23.0 Å². The van der Waals surface area contributed by atoms with Gasteiger partial charge in [0.2, 0.25) is 0 Å². The molecule has 5 atom stereocenters. The van der Waals surface area contributed by atoms with E-state index >= 15 is 0 Å². The van der Waals surface area contributed by atoms with Gasteiger partial charge in [-0.25, -0.2) is 9.78 Å². The minimum Gasteiger partial charge on any atom is -0.336 e. The number of imidazole rings is 1. The summed E-state index contributed by atoms with van der Waals surface area (Å²) in [5.41, 5.74) is 0.381. The number of nitrogens with zero attached hydrogens (tertiary/aromatic N) is 3. The van der Waals surface area contributed by atoms with Crippen LogP contribution in [0.4, 0.5) is 0 Å². The van der Waals surface area contributed by atoms with E-state index < -0.39 is 0 Å². The molecule has 1 N–H and O–H groups in total. The van der Waals surface area contributed by atoms with Crippen LogP contribution in [0.1, 0.15) is 37.4 Å². The Morgan fingerprint density at radius 3 is 2.59 bits per heavy atom. The summed E-state index contributed by atoms with van der Waals surface area (Å²) in [5, 5.41) is 0. The molecule has 116 valence electrons. The van der Waals surface area contributed by atoms with Crippen molar-refractivity contribution in [2.24, 2.45) is 37.8 Å². The number of hydrogen-bond acceptors (Lipinski definition) is 3. The molecule has 22 heavy (non-hydrogen) atoms. The van der Waals surface area contributed by atoms with Crippen LogP contribution in [0.5, 0.6) is 0 Å². The molecule has 4 aliphatic rings. The lowest BCUT2D eigenvalue weighted by atomic mass is 9.75. The Kier molecular flexibility index (Phi) is 2.25. The van der Waals surface area contributed by atoms with Gasteiger partial charge in [-0.05, 0) is 49.4 Å². The van der Waals surface area contributed by atoms with Gasteiger partial charge in [-0.3, -0.25) is 13.9 Å². The second-order valence-electron chi connectivity index (χ2n) is 7.55. The summed E-state index contributed by atoms with van der Waals surface area (Å²) in [6, 6.07) is 0. The third kappa shape index (κ3) is 1.38. The van der Waals surface area contributed by atoms with Gasteiger partial charge in [-0.2, -0.15) is 0 Å². The van der Waals surface area contributed by atoms with E-state index in [-0.39, 0.29) is 11.2 Å². The van der Waals surface area contributed by atoms with E-state index in [4.69, 9.17) is 0 Å². The highest BCUT2D eigenvalue weighted by atomic mass is 16.2. The molecule has 4 saturated carbocycles. The maximum absolute atomic E-state index is 12.3. The van der Waals surface area contributed by atoms with Gasteiger partial charge in [0.05, 0.1) is 0 Å². The lowest BCUT2D eigenvalue weighted by Crippen LogP contribution is -2.36.